The molecule has 12 radical (unpaired) electrons. The van der Waals surface area contributed by atoms with Crippen LogP contribution in [0.5, 0.6) is 0 Å². The average Bonchev–Trinajstić information content (AvgIpc) is 2.85. The molecule has 2 aliphatic rings. The number of hydrogen-bond acceptors (Lipinski definition) is 0. The number of rotatable bonds is 0. The van der Waals surface area contributed by atoms with Crippen LogP contribution in [0.1, 0.15) is 0 Å². The van der Waals surface area contributed by atoms with Gasteiger partial charge in [0.1, 0.15) is 0 Å². The Hall–Kier alpha value is 1.06. The van der Waals surface area contributed by atoms with Crippen molar-refractivity contribution in [1.29, 1.82) is 0 Å². The summed E-state index contributed by atoms with van der Waals surface area (Å²) < 4.78 is 0. The first-order valence-electron chi connectivity index (χ1n) is 4.15. The van der Waals surface area contributed by atoms with E-state index in [9.17, 15) is 0 Å². The summed E-state index contributed by atoms with van der Waals surface area (Å²) in [6.07, 6.45) is 21.0. The molecule has 2 aliphatic carbocycles. The average molecular weight is 287 g/mol. The molecule has 0 heterocycles. The second-order valence-electron chi connectivity index (χ2n) is 2.27. The van der Waals surface area contributed by atoms with Gasteiger partial charge in [0.25, 0.3) is 0 Å². The molecule has 0 aromatic heterocycles. The number of hydrogen-bond donors (Lipinski definition) is 0. The maximum atomic E-state index is 2.86. The van der Waals surface area contributed by atoms with Crippen molar-refractivity contribution in [2.24, 2.45) is 0 Å². The van der Waals surface area contributed by atoms with Gasteiger partial charge in [-0.25, -0.2) is 25.7 Å². The van der Waals surface area contributed by atoms with Gasteiger partial charge in [0.05, 0.1) is 0 Å². The summed E-state index contributed by atoms with van der Waals surface area (Å²) in [5.74, 6) is 4.50. The zero-order chi connectivity index (χ0) is 9.78. The van der Waals surface area contributed by atoms with Crippen LogP contribution in [-0.4, -0.2) is 15.4 Å². The molecule has 0 bridgehead atoms. The minimum Gasteiger partial charge on any atom is 2.00 e. The molecule has 0 nitrogen and oxygen atoms in total. The molecule has 0 N–H and O–H groups in total. The summed E-state index contributed by atoms with van der Waals surface area (Å²) in [7, 11) is 0. The van der Waals surface area contributed by atoms with Crippen molar-refractivity contribution >= 4 is 15.4 Å². The second-order valence-corrected chi connectivity index (χ2v) is 4.37. The van der Waals surface area contributed by atoms with Gasteiger partial charge in [-0.15, -0.1) is 0 Å². The molecule has 0 atom stereocenters. The van der Waals surface area contributed by atoms with E-state index in [0.29, 0.717) is 15.4 Å². The van der Waals surface area contributed by atoms with Gasteiger partial charge in [-0.1, -0.05) is 25.7 Å². The Kier molecular flexibility index (Phi) is 20.6. The molecule has 2 heteroatoms. The second kappa shape index (κ2) is 16.5. The summed E-state index contributed by atoms with van der Waals surface area (Å²) in [6.45, 7) is 0. The van der Waals surface area contributed by atoms with Gasteiger partial charge in [-0.2, -0.15) is 0 Å². The Bertz CT molecular complexity index is 53.2. The van der Waals surface area contributed by atoms with Gasteiger partial charge in [0.2, 0.25) is 0 Å². The fourth-order valence-corrected chi connectivity index (χ4v) is 0.556. The van der Waals surface area contributed by atoms with Crippen LogP contribution < -0.4 is 0 Å². The van der Waals surface area contributed by atoms with Crippen molar-refractivity contribution in [3.63, 3.8) is 0 Å². The van der Waals surface area contributed by atoms with Gasteiger partial charge < -0.3 is 12.8 Å². The maximum absolute atomic E-state index is 2.86. The molecule has 2 rings (SSSR count). The van der Waals surface area contributed by atoms with Crippen LogP contribution in [-0.2, 0) is 17.1 Å². The minimum atomic E-state index is 0. The van der Waals surface area contributed by atoms with Gasteiger partial charge in [0, 0.05) is 0 Å². The van der Waals surface area contributed by atoms with Crippen molar-refractivity contribution in [3.8, 4) is 0 Å². The first kappa shape index (κ1) is 17.5. The third-order valence-electron chi connectivity index (χ3n) is 0.992. The third kappa shape index (κ3) is 15.5. The molecule has 2 fully saturated rings. The summed E-state index contributed by atoms with van der Waals surface area (Å²) in [5, 5.41) is 0. The van der Waals surface area contributed by atoms with Gasteiger partial charge in [-0.05, 0) is 0 Å². The van der Waals surface area contributed by atoms with Crippen molar-refractivity contribution in [3.05, 3.63) is 64.2 Å². The van der Waals surface area contributed by atoms with Crippen molar-refractivity contribution in [1.82, 2.24) is 0 Å². The van der Waals surface area contributed by atoms with Gasteiger partial charge in [-0.3, -0.25) is 0 Å². The summed E-state index contributed by atoms with van der Waals surface area (Å²) in [5.41, 5.74) is 0. The standard InChI is InChI=1S/2C5H4.C2H6Ge.Fe/c2*1-2-4-5-3-1;1-3-2;/h2*1-4H;1-2H3;/q2*-1;;+2. The Morgan fingerprint density at radius 2 is 0.929 bits per heavy atom. The predicted octanol–water partition coefficient (Wildman–Crippen LogP) is 2.58. The van der Waals surface area contributed by atoms with Crippen LogP contribution in [0.25, 0.3) is 0 Å². The van der Waals surface area contributed by atoms with Crippen LogP contribution in [0.15, 0.2) is 0 Å². The van der Waals surface area contributed by atoms with E-state index in [1.54, 1.807) is 0 Å². The first-order chi connectivity index (χ1) is 6.41. The first-order valence-corrected chi connectivity index (χ1v) is 8.35. The van der Waals surface area contributed by atoms with Crippen LogP contribution in [0, 0.1) is 64.2 Å². The molecule has 0 saturated heterocycles. The van der Waals surface area contributed by atoms with E-state index in [-0.39, 0.29) is 17.1 Å². The zero-order valence-electron chi connectivity index (χ0n) is 8.47. The van der Waals surface area contributed by atoms with E-state index in [1.165, 1.54) is 0 Å². The van der Waals surface area contributed by atoms with Crippen LogP contribution in [0.3, 0.4) is 0 Å². The molecular weight excluding hydrogens is 273 g/mol. The Morgan fingerprint density at radius 1 is 0.714 bits per heavy atom. The fourth-order valence-electron chi connectivity index (χ4n) is 0.556. The molecule has 0 unspecified atom stereocenters. The van der Waals surface area contributed by atoms with Crippen LogP contribution in [0.4, 0.5) is 0 Å². The smallest absolute Gasteiger partial charge is 2.00 e. The molecule has 0 aromatic carbocycles. The van der Waals surface area contributed by atoms with Crippen molar-refractivity contribution in [2.75, 3.05) is 0 Å². The molecule has 0 aliphatic heterocycles. The monoisotopic (exact) mass is 288 g/mol. The fraction of sp³-hybridized carbons (Fsp3) is 0.167. The third-order valence-corrected chi connectivity index (χ3v) is 0.992. The Morgan fingerprint density at radius 3 is 1.00 bits per heavy atom. The van der Waals surface area contributed by atoms with Crippen LogP contribution >= 0.6 is 0 Å². The molecule has 0 amide bonds. The largest absolute Gasteiger partial charge is 2.00 e. The molecule has 14 heavy (non-hydrogen) atoms. The maximum Gasteiger partial charge on any atom is 2.00 e. The van der Waals surface area contributed by atoms with Crippen molar-refractivity contribution < 1.29 is 17.1 Å². The van der Waals surface area contributed by atoms with Gasteiger partial charge >= 0.3 is 44.0 Å². The molecule has 74 valence electrons. The SMILES string of the molecule is [C-]1[CH][CH][CH][CH]1.[C-]1[CH][CH][CH][CH]1.[CH3][Ge][CH3].[Fe+2]. The van der Waals surface area contributed by atoms with E-state index in [2.05, 4.69) is 24.4 Å². The molecule has 0 aromatic rings. The van der Waals surface area contributed by atoms with E-state index in [1.807, 2.05) is 51.4 Å². The molecular formula is C12H14FeGe. The topological polar surface area (TPSA) is 0 Å². The Labute approximate surface area is 108 Å². The molecule has 2 saturated carbocycles. The molecule has 0 spiro atoms. The van der Waals surface area contributed by atoms with Crippen LogP contribution in [0.2, 0.25) is 11.5 Å². The quantitative estimate of drug-likeness (QED) is 0.474. The van der Waals surface area contributed by atoms with E-state index < -0.39 is 0 Å². The zero-order valence-corrected chi connectivity index (χ0v) is 11.7. The van der Waals surface area contributed by atoms with E-state index in [0.717, 1.165) is 0 Å². The summed E-state index contributed by atoms with van der Waals surface area (Å²) in [6, 6.07) is 0. The summed E-state index contributed by atoms with van der Waals surface area (Å²) >= 11 is 0.500. The van der Waals surface area contributed by atoms with E-state index in [4.69, 9.17) is 0 Å². The van der Waals surface area contributed by atoms with E-state index >= 15 is 0 Å². The minimum absolute atomic E-state index is 0. The van der Waals surface area contributed by atoms with Gasteiger partial charge in [0.15, 0.2) is 0 Å². The van der Waals surface area contributed by atoms with Crippen molar-refractivity contribution in [2.45, 2.75) is 11.5 Å². The Balaban J connectivity index is 0. The normalized spacial score (nSPS) is 18.4. The predicted molar refractivity (Wildman–Crippen MR) is 58.4 cm³/mol. The summed E-state index contributed by atoms with van der Waals surface area (Å²) in [4.78, 5) is 0.